The van der Waals surface area contributed by atoms with Gasteiger partial charge in [0.25, 0.3) is 0 Å². The van der Waals surface area contributed by atoms with E-state index in [1.54, 1.807) is 12.1 Å². The van der Waals surface area contributed by atoms with Crippen molar-refractivity contribution in [3.05, 3.63) is 60.2 Å². The lowest BCUT2D eigenvalue weighted by molar-refractivity contribution is 0.0594. The predicted molar refractivity (Wildman–Crippen MR) is 96.7 cm³/mol. The van der Waals surface area contributed by atoms with Gasteiger partial charge in [0, 0.05) is 12.2 Å². The van der Waals surface area contributed by atoms with Crippen molar-refractivity contribution in [2.75, 3.05) is 18.0 Å². The molecule has 0 aliphatic rings. The Morgan fingerprint density at radius 3 is 2.29 bits per heavy atom. The topological polar surface area (TPSA) is 38.8 Å². The summed E-state index contributed by atoms with van der Waals surface area (Å²) in [6.07, 6.45) is -0.148. The zero-order valence-corrected chi connectivity index (χ0v) is 14.6. The van der Waals surface area contributed by atoms with Crippen LogP contribution in [0.1, 0.15) is 25.8 Å². The molecule has 0 bridgehead atoms. The van der Waals surface area contributed by atoms with Crippen LogP contribution in [0, 0.1) is 6.92 Å². The van der Waals surface area contributed by atoms with E-state index >= 15 is 0 Å². The quantitative estimate of drug-likeness (QED) is 0.540. The molecule has 0 N–H and O–H groups in total. The van der Waals surface area contributed by atoms with E-state index in [1.165, 1.54) is 0 Å². The molecule has 0 aliphatic carbocycles. The fourth-order valence-electron chi connectivity index (χ4n) is 2.41. The van der Waals surface area contributed by atoms with Gasteiger partial charge in [0.2, 0.25) is 0 Å². The third kappa shape index (κ3) is 5.30. The fraction of sp³-hybridized carbons (Fsp3) is 0.350. The molecule has 0 spiro atoms. The number of aryl methyl sites for hydroxylation is 1. The number of hydrogen-bond acceptors (Lipinski definition) is 4. The maximum absolute atomic E-state index is 12.0. The molecule has 128 valence electrons. The molecule has 0 fully saturated rings. The molecule has 0 saturated heterocycles. The summed E-state index contributed by atoms with van der Waals surface area (Å²) in [7, 11) is 0. The van der Waals surface area contributed by atoms with Crippen LogP contribution in [-0.4, -0.2) is 25.3 Å². The van der Waals surface area contributed by atoms with E-state index in [2.05, 4.69) is 24.0 Å². The summed E-state index contributed by atoms with van der Waals surface area (Å²) in [6.45, 7) is 7.56. The van der Waals surface area contributed by atoms with Crippen LogP contribution in [0.2, 0.25) is 0 Å². The van der Waals surface area contributed by atoms with E-state index in [1.807, 2.05) is 44.2 Å². The highest BCUT2D eigenvalue weighted by atomic mass is 16.7. The molecule has 1 unspecified atom stereocenters. The Labute approximate surface area is 144 Å². The highest BCUT2D eigenvalue weighted by Crippen LogP contribution is 2.16. The van der Waals surface area contributed by atoms with Gasteiger partial charge in [-0.25, -0.2) is 4.79 Å². The van der Waals surface area contributed by atoms with Gasteiger partial charge in [0.1, 0.15) is 11.9 Å². The number of benzene rings is 2. The minimum Gasteiger partial charge on any atom is -0.429 e. The molecule has 0 saturated carbocycles. The summed E-state index contributed by atoms with van der Waals surface area (Å²) >= 11 is 0. The van der Waals surface area contributed by atoms with E-state index < -0.39 is 6.16 Å². The summed E-state index contributed by atoms with van der Waals surface area (Å²) in [5.41, 5.74) is 2.23. The van der Waals surface area contributed by atoms with Gasteiger partial charge < -0.3 is 14.4 Å². The highest BCUT2D eigenvalue weighted by Gasteiger charge is 2.18. The van der Waals surface area contributed by atoms with Crippen LogP contribution in [0.5, 0.6) is 5.75 Å². The third-order valence-electron chi connectivity index (χ3n) is 3.87. The van der Waals surface area contributed by atoms with Crippen molar-refractivity contribution in [2.24, 2.45) is 0 Å². The molecule has 4 heteroatoms. The molecule has 0 aliphatic heterocycles. The first-order chi connectivity index (χ1) is 11.6. The summed E-state index contributed by atoms with van der Waals surface area (Å²) < 4.78 is 10.7. The predicted octanol–water partition coefficient (Wildman–Crippen LogP) is 4.82. The summed E-state index contributed by atoms with van der Waals surface area (Å²) in [5.74, 6) is 0.496. The van der Waals surface area contributed by atoms with Gasteiger partial charge in [0.15, 0.2) is 0 Å². The van der Waals surface area contributed by atoms with E-state index in [-0.39, 0.29) is 6.10 Å². The zero-order valence-electron chi connectivity index (χ0n) is 14.6. The number of carbonyl (C=O) groups is 1. The fourth-order valence-corrected chi connectivity index (χ4v) is 2.41. The van der Waals surface area contributed by atoms with Crippen molar-refractivity contribution in [3.63, 3.8) is 0 Å². The van der Waals surface area contributed by atoms with Crippen molar-refractivity contribution in [1.82, 2.24) is 0 Å². The minimum atomic E-state index is -0.658. The molecule has 0 heterocycles. The maximum atomic E-state index is 12.0. The second-order valence-corrected chi connectivity index (χ2v) is 5.69. The van der Waals surface area contributed by atoms with Gasteiger partial charge in [-0.1, -0.05) is 42.8 Å². The number of carbonyl (C=O) groups excluding carboxylic acids is 1. The zero-order chi connectivity index (χ0) is 17.4. The monoisotopic (exact) mass is 327 g/mol. The lowest BCUT2D eigenvalue weighted by atomic mass is 10.2. The molecular formula is C20H25NO3. The van der Waals surface area contributed by atoms with E-state index in [4.69, 9.17) is 9.47 Å². The molecule has 2 rings (SSSR count). The molecule has 1 atom stereocenters. The first-order valence-corrected chi connectivity index (χ1v) is 8.37. The summed E-state index contributed by atoms with van der Waals surface area (Å²) in [5, 5.41) is 0. The van der Waals surface area contributed by atoms with Crippen LogP contribution < -0.4 is 9.64 Å². The molecule has 2 aromatic rings. The molecular weight excluding hydrogens is 302 g/mol. The molecule has 4 nitrogen and oxygen atoms in total. The summed E-state index contributed by atoms with van der Waals surface area (Å²) in [4.78, 5) is 14.2. The van der Waals surface area contributed by atoms with Crippen molar-refractivity contribution >= 4 is 11.8 Å². The standard InChI is InChI=1S/C20H25NO3/c1-4-18(15-21(5-2)17-9-7-6-8-10-17)23-20(22)24-19-13-11-16(3)12-14-19/h6-14,18H,4-5,15H2,1-3H3. The van der Waals surface area contributed by atoms with Crippen LogP contribution in [0.15, 0.2) is 54.6 Å². The Balaban J connectivity index is 1.93. The molecule has 24 heavy (non-hydrogen) atoms. The maximum Gasteiger partial charge on any atom is 0.514 e. The Kier molecular flexibility index (Phi) is 6.67. The molecule has 2 aromatic carbocycles. The van der Waals surface area contributed by atoms with Gasteiger partial charge in [-0.2, -0.15) is 0 Å². The number of likely N-dealkylation sites (N-methyl/N-ethyl adjacent to an activating group) is 1. The first kappa shape index (κ1) is 17.9. The Bertz CT molecular complexity index is 625. The number of anilines is 1. The van der Waals surface area contributed by atoms with Crippen molar-refractivity contribution < 1.29 is 14.3 Å². The number of para-hydroxylation sites is 1. The first-order valence-electron chi connectivity index (χ1n) is 8.37. The van der Waals surface area contributed by atoms with Gasteiger partial charge in [0.05, 0.1) is 6.54 Å². The van der Waals surface area contributed by atoms with E-state index in [9.17, 15) is 4.79 Å². The highest BCUT2D eigenvalue weighted by molar-refractivity contribution is 5.64. The number of rotatable bonds is 7. The van der Waals surface area contributed by atoms with Crippen LogP contribution in [0.3, 0.4) is 0 Å². The molecule has 0 radical (unpaired) electrons. The number of nitrogens with zero attached hydrogens (tertiary/aromatic N) is 1. The van der Waals surface area contributed by atoms with Crippen molar-refractivity contribution in [2.45, 2.75) is 33.3 Å². The molecule has 0 amide bonds. The van der Waals surface area contributed by atoms with Gasteiger partial charge in [-0.3, -0.25) is 0 Å². The average molecular weight is 327 g/mol. The van der Waals surface area contributed by atoms with Crippen LogP contribution in [0.4, 0.5) is 10.5 Å². The third-order valence-corrected chi connectivity index (χ3v) is 3.87. The lowest BCUT2D eigenvalue weighted by Crippen LogP contribution is -2.35. The largest absolute Gasteiger partial charge is 0.514 e. The SMILES string of the molecule is CCC(CN(CC)c1ccccc1)OC(=O)Oc1ccc(C)cc1. The Hall–Kier alpha value is -2.49. The van der Waals surface area contributed by atoms with Crippen molar-refractivity contribution in [1.29, 1.82) is 0 Å². The average Bonchev–Trinajstić information content (AvgIpc) is 2.61. The number of hydrogen-bond donors (Lipinski definition) is 0. The van der Waals surface area contributed by atoms with Gasteiger partial charge >= 0.3 is 6.16 Å². The van der Waals surface area contributed by atoms with E-state index in [0.717, 1.165) is 24.2 Å². The van der Waals surface area contributed by atoms with Crippen LogP contribution in [0.25, 0.3) is 0 Å². The van der Waals surface area contributed by atoms with Crippen LogP contribution >= 0.6 is 0 Å². The normalized spacial score (nSPS) is 11.6. The van der Waals surface area contributed by atoms with Crippen LogP contribution in [-0.2, 0) is 4.74 Å². The minimum absolute atomic E-state index is 0.219. The second kappa shape index (κ2) is 8.96. The van der Waals surface area contributed by atoms with Gasteiger partial charge in [-0.05, 0) is 44.5 Å². The lowest BCUT2D eigenvalue weighted by Gasteiger charge is -2.27. The Morgan fingerprint density at radius 2 is 1.71 bits per heavy atom. The summed E-state index contributed by atoms with van der Waals surface area (Å²) in [6, 6.07) is 17.4. The molecule has 0 aromatic heterocycles. The van der Waals surface area contributed by atoms with Crippen molar-refractivity contribution in [3.8, 4) is 5.75 Å². The van der Waals surface area contributed by atoms with Gasteiger partial charge in [-0.15, -0.1) is 0 Å². The van der Waals surface area contributed by atoms with E-state index in [0.29, 0.717) is 12.3 Å². The second-order valence-electron chi connectivity index (χ2n) is 5.69. The smallest absolute Gasteiger partial charge is 0.429 e. The number of ether oxygens (including phenoxy) is 2. The Morgan fingerprint density at radius 1 is 1.04 bits per heavy atom.